The van der Waals surface area contributed by atoms with Crippen LogP contribution in [0.5, 0.6) is 5.75 Å². The second kappa shape index (κ2) is 8.91. The number of aliphatic imine (C=N–C) groups is 1. The van der Waals surface area contributed by atoms with Crippen LogP contribution in [0, 0.1) is 0 Å². The van der Waals surface area contributed by atoms with Crippen LogP contribution in [0.4, 0.5) is 11.4 Å². The molecule has 0 saturated heterocycles. The van der Waals surface area contributed by atoms with E-state index >= 15 is 0 Å². The van der Waals surface area contributed by atoms with Crippen molar-refractivity contribution in [2.75, 3.05) is 23.5 Å². The maximum Gasteiger partial charge on any atom is 0.234 e. The molecule has 2 aromatic carbocycles. The van der Waals surface area contributed by atoms with Gasteiger partial charge in [-0.15, -0.1) is 0 Å². The number of hydrogen-bond donors (Lipinski definition) is 2. The molecule has 2 aromatic rings. The van der Waals surface area contributed by atoms with Gasteiger partial charge in [0.2, 0.25) is 5.91 Å². The summed E-state index contributed by atoms with van der Waals surface area (Å²) in [4.78, 5) is 17.7. The maximum atomic E-state index is 12.5. The topological polar surface area (TPSA) is 62.7 Å². The molecule has 2 N–H and O–H groups in total. The maximum absolute atomic E-state index is 12.5. The van der Waals surface area contributed by atoms with Crippen molar-refractivity contribution in [3.05, 3.63) is 54.1 Å². The largest absolute Gasteiger partial charge is 0.497 e. The van der Waals surface area contributed by atoms with Gasteiger partial charge in [-0.05, 0) is 56.0 Å². The summed E-state index contributed by atoms with van der Waals surface area (Å²) in [6.07, 6.45) is 7.01. The van der Waals surface area contributed by atoms with E-state index in [4.69, 9.17) is 9.73 Å². The third-order valence-electron chi connectivity index (χ3n) is 5.48. The summed E-state index contributed by atoms with van der Waals surface area (Å²) >= 11 is 1.52. The van der Waals surface area contributed by atoms with Gasteiger partial charge in [-0.25, -0.2) is 4.99 Å². The minimum absolute atomic E-state index is 0.0335. The summed E-state index contributed by atoms with van der Waals surface area (Å²) < 4.78 is 5.16. The number of benzene rings is 2. The highest BCUT2D eigenvalue weighted by atomic mass is 32.2. The summed E-state index contributed by atoms with van der Waals surface area (Å²) in [5.74, 6) is 1.07. The van der Waals surface area contributed by atoms with Crippen LogP contribution in [0.3, 0.4) is 0 Å². The van der Waals surface area contributed by atoms with Crippen LogP contribution in [0.2, 0.25) is 0 Å². The van der Waals surface area contributed by atoms with Crippen molar-refractivity contribution in [1.82, 2.24) is 0 Å². The van der Waals surface area contributed by atoms with Crippen molar-refractivity contribution < 1.29 is 9.53 Å². The second-order valence-electron chi connectivity index (χ2n) is 7.60. The van der Waals surface area contributed by atoms with Crippen molar-refractivity contribution in [3.8, 4) is 5.75 Å². The molecule has 1 aliphatic carbocycles. The molecule has 1 heterocycles. The van der Waals surface area contributed by atoms with E-state index in [1.807, 2.05) is 30.3 Å². The average Bonchev–Trinajstić information content (AvgIpc) is 2.97. The number of fused-ring (bicyclic) bond motifs is 1. The van der Waals surface area contributed by atoms with E-state index in [9.17, 15) is 4.79 Å². The fraction of sp³-hybridized carbons (Fsp3) is 0.391. The van der Waals surface area contributed by atoms with E-state index in [2.05, 4.69) is 28.8 Å². The highest BCUT2D eigenvalue weighted by molar-refractivity contribution is 8.15. The minimum atomic E-state index is -0.223. The number of methoxy groups -OCH3 is 1. The number of nitrogens with zero attached hydrogens (tertiary/aromatic N) is 1. The number of amides is 1. The van der Waals surface area contributed by atoms with Gasteiger partial charge in [-0.1, -0.05) is 42.8 Å². The van der Waals surface area contributed by atoms with Crippen LogP contribution in [0.15, 0.2) is 53.5 Å². The molecule has 1 saturated carbocycles. The molecule has 152 valence electrons. The molecule has 0 aromatic heterocycles. The number of carbonyl (C=O) groups excluding carboxylic acids is 1. The highest BCUT2D eigenvalue weighted by Crippen LogP contribution is 2.39. The predicted octanol–water partition coefficient (Wildman–Crippen LogP) is 5.29. The summed E-state index contributed by atoms with van der Waals surface area (Å²) in [5.41, 5.74) is 2.76. The quantitative estimate of drug-likeness (QED) is 0.720. The molecule has 29 heavy (non-hydrogen) atoms. The molecule has 1 fully saturated rings. The van der Waals surface area contributed by atoms with Crippen LogP contribution < -0.4 is 15.4 Å². The first kappa shape index (κ1) is 19.8. The molecule has 4 rings (SSSR count). The monoisotopic (exact) mass is 409 g/mol. The van der Waals surface area contributed by atoms with E-state index in [-0.39, 0.29) is 11.6 Å². The summed E-state index contributed by atoms with van der Waals surface area (Å²) in [6, 6.07) is 15.7. The lowest BCUT2D eigenvalue weighted by molar-refractivity contribution is -0.113. The Morgan fingerprint density at radius 1 is 1.10 bits per heavy atom. The van der Waals surface area contributed by atoms with Crippen LogP contribution in [-0.4, -0.2) is 29.5 Å². The molecule has 0 unspecified atom stereocenters. The van der Waals surface area contributed by atoms with Crippen LogP contribution >= 0.6 is 11.8 Å². The van der Waals surface area contributed by atoms with E-state index in [0.29, 0.717) is 5.75 Å². The third-order valence-corrected chi connectivity index (χ3v) is 6.48. The molecule has 5 nitrogen and oxygen atoms in total. The number of carbonyl (C=O) groups is 1. The molecular formula is C23H27N3O2S. The van der Waals surface area contributed by atoms with E-state index in [0.717, 1.165) is 40.6 Å². The van der Waals surface area contributed by atoms with Gasteiger partial charge in [0, 0.05) is 16.9 Å². The van der Waals surface area contributed by atoms with Crippen molar-refractivity contribution >= 4 is 34.1 Å². The molecule has 0 bridgehead atoms. The molecule has 1 amide bonds. The van der Waals surface area contributed by atoms with Crippen LogP contribution in [-0.2, 0) is 4.79 Å². The number of nitrogens with one attached hydrogen (secondary N) is 2. The minimum Gasteiger partial charge on any atom is -0.497 e. The molecule has 1 aliphatic heterocycles. The Labute approximate surface area is 176 Å². The molecular weight excluding hydrogens is 382 g/mol. The van der Waals surface area contributed by atoms with E-state index in [1.165, 1.54) is 37.4 Å². The lowest BCUT2D eigenvalue weighted by Gasteiger charge is -2.36. The van der Waals surface area contributed by atoms with Crippen molar-refractivity contribution in [3.63, 3.8) is 0 Å². The van der Waals surface area contributed by atoms with Gasteiger partial charge >= 0.3 is 0 Å². The Balaban J connectivity index is 1.47. The summed E-state index contributed by atoms with van der Waals surface area (Å²) in [7, 11) is 1.63. The number of para-hydroxylation sites is 1. The second-order valence-corrected chi connectivity index (χ2v) is 8.56. The first-order valence-electron chi connectivity index (χ1n) is 10.2. The zero-order valence-corrected chi connectivity index (χ0v) is 17.6. The molecule has 6 heteroatoms. The smallest absolute Gasteiger partial charge is 0.234 e. The number of thioether (sulfide) groups is 1. The Hall–Kier alpha value is -2.47. The average molecular weight is 410 g/mol. The van der Waals surface area contributed by atoms with Gasteiger partial charge in [-0.2, -0.15) is 0 Å². The van der Waals surface area contributed by atoms with E-state index in [1.54, 1.807) is 7.11 Å². The lowest BCUT2D eigenvalue weighted by Crippen LogP contribution is -2.40. The van der Waals surface area contributed by atoms with Gasteiger partial charge in [-0.3, -0.25) is 4.79 Å². The number of hydrogen-bond acceptors (Lipinski definition) is 5. The van der Waals surface area contributed by atoms with Gasteiger partial charge in [0.25, 0.3) is 0 Å². The van der Waals surface area contributed by atoms with E-state index < -0.39 is 0 Å². The molecule has 0 atom stereocenters. The van der Waals surface area contributed by atoms with Gasteiger partial charge in [0.15, 0.2) is 0 Å². The Morgan fingerprint density at radius 2 is 1.83 bits per heavy atom. The zero-order valence-electron chi connectivity index (χ0n) is 16.7. The molecule has 2 aliphatic rings. The van der Waals surface area contributed by atoms with Gasteiger partial charge < -0.3 is 15.4 Å². The zero-order chi connectivity index (χ0) is 20.1. The SMILES string of the molecule is COc1ccc(NC(=O)CSC2=NC3(CCCCCC3)Nc3ccccc32)cc1. The first-order chi connectivity index (χ1) is 14.2. The van der Waals surface area contributed by atoms with Gasteiger partial charge in [0.1, 0.15) is 16.5 Å². The fourth-order valence-corrected chi connectivity index (χ4v) is 4.89. The predicted molar refractivity (Wildman–Crippen MR) is 121 cm³/mol. The standard InChI is InChI=1S/C23H27N3O2S/c1-28-18-12-10-17(11-13-18)24-21(27)16-29-22-19-8-4-5-9-20(19)25-23(26-22)14-6-2-3-7-15-23/h4-5,8-13,25H,2-3,6-7,14-16H2,1H3,(H,24,27). The first-order valence-corrected chi connectivity index (χ1v) is 11.2. The summed E-state index contributed by atoms with van der Waals surface area (Å²) in [6.45, 7) is 0. The lowest BCUT2D eigenvalue weighted by atomic mass is 9.97. The third kappa shape index (κ3) is 4.75. The Bertz CT molecular complexity index is 887. The molecule has 0 radical (unpaired) electrons. The summed E-state index contributed by atoms with van der Waals surface area (Å²) in [5, 5.41) is 7.62. The Kier molecular flexibility index (Phi) is 6.09. The normalized spacial score (nSPS) is 17.5. The van der Waals surface area contributed by atoms with Crippen LogP contribution in [0.1, 0.15) is 44.1 Å². The number of ether oxygens (including phenoxy) is 1. The number of anilines is 2. The van der Waals surface area contributed by atoms with Crippen molar-refractivity contribution in [2.24, 2.45) is 4.99 Å². The number of rotatable bonds is 4. The van der Waals surface area contributed by atoms with Crippen molar-refractivity contribution in [1.29, 1.82) is 0 Å². The molecule has 1 spiro atoms. The van der Waals surface area contributed by atoms with Gasteiger partial charge in [0.05, 0.1) is 12.9 Å². The fourth-order valence-electron chi connectivity index (χ4n) is 3.98. The van der Waals surface area contributed by atoms with Crippen LogP contribution in [0.25, 0.3) is 0 Å². The van der Waals surface area contributed by atoms with Crippen molar-refractivity contribution in [2.45, 2.75) is 44.2 Å². The Morgan fingerprint density at radius 3 is 2.55 bits per heavy atom. The highest BCUT2D eigenvalue weighted by Gasteiger charge is 2.35.